The van der Waals surface area contributed by atoms with Crippen molar-refractivity contribution in [2.24, 2.45) is 5.92 Å². The molecule has 0 aromatic heterocycles. The number of hydrogen-bond donors (Lipinski definition) is 1. The van der Waals surface area contributed by atoms with Gasteiger partial charge in [-0.2, -0.15) is 4.72 Å². The largest absolute Gasteiger partial charge is 0.493 e. The highest BCUT2D eigenvalue weighted by Gasteiger charge is 2.36. The number of sulfonamides is 1. The molecule has 11 nitrogen and oxygen atoms in total. The van der Waals surface area contributed by atoms with E-state index in [0.29, 0.717) is 17.1 Å². The number of hydrogen-bond acceptors (Lipinski definition) is 10. The molecule has 0 amide bonds. The van der Waals surface area contributed by atoms with Crippen LogP contribution in [0.3, 0.4) is 0 Å². The summed E-state index contributed by atoms with van der Waals surface area (Å²) in [5.74, 6) is -0.141. The molecule has 1 aliphatic heterocycles. The van der Waals surface area contributed by atoms with Gasteiger partial charge in [-0.05, 0) is 55.2 Å². The van der Waals surface area contributed by atoms with Crippen molar-refractivity contribution in [3.8, 4) is 34.5 Å². The fourth-order valence-corrected chi connectivity index (χ4v) is 6.67. The van der Waals surface area contributed by atoms with Crippen molar-refractivity contribution in [3.63, 3.8) is 0 Å². The number of carbonyl (C=O) groups excluding carboxylic acids is 2. The third-order valence-electron chi connectivity index (χ3n) is 7.97. The zero-order chi connectivity index (χ0) is 34.4. The van der Waals surface area contributed by atoms with Gasteiger partial charge in [0.1, 0.15) is 17.4 Å². The van der Waals surface area contributed by atoms with E-state index >= 15 is 0 Å². The molecule has 0 aliphatic carbocycles. The van der Waals surface area contributed by atoms with Crippen LogP contribution in [0.5, 0.6) is 34.5 Å². The molecule has 0 fully saturated rings. The van der Waals surface area contributed by atoms with E-state index in [9.17, 15) is 18.0 Å². The summed E-state index contributed by atoms with van der Waals surface area (Å²) in [7, 11) is 1.71. The molecule has 0 bridgehead atoms. The second-order valence-electron chi connectivity index (χ2n) is 11.2. The summed E-state index contributed by atoms with van der Waals surface area (Å²) in [5, 5.41) is 0. The molecule has 48 heavy (non-hydrogen) atoms. The van der Waals surface area contributed by atoms with Crippen LogP contribution in [0.1, 0.15) is 27.0 Å². The Hall–Kier alpha value is -5.07. The molecular formula is C36H37NO10S. The van der Waals surface area contributed by atoms with Crippen molar-refractivity contribution in [1.29, 1.82) is 0 Å². The van der Waals surface area contributed by atoms with Crippen molar-refractivity contribution in [3.05, 3.63) is 101 Å². The summed E-state index contributed by atoms with van der Waals surface area (Å²) in [6, 6.07) is 20.6. The highest BCUT2D eigenvalue weighted by atomic mass is 32.2. The van der Waals surface area contributed by atoms with E-state index in [1.165, 1.54) is 40.6 Å². The van der Waals surface area contributed by atoms with Gasteiger partial charge in [0.05, 0.1) is 45.9 Å². The van der Waals surface area contributed by atoms with E-state index in [4.69, 9.17) is 28.4 Å². The first kappa shape index (κ1) is 34.3. The summed E-state index contributed by atoms with van der Waals surface area (Å²) in [6.45, 7) is 1.94. The third-order valence-corrected chi connectivity index (χ3v) is 9.46. The van der Waals surface area contributed by atoms with E-state index in [-0.39, 0.29) is 58.7 Å². The summed E-state index contributed by atoms with van der Waals surface area (Å²) in [5.41, 5.74) is 2.53. The van der Waals surface area contributed by atoms with Gasteiger partial charge in [0.25, 0.3) is 0 Å². The summed E-state index contributed by atoms with van der Waals surface area (Å²) < 4.78 is 62.8. The molecule has 5 rings (SSSR count). The molecule has 1 aliphatic rings. The number of benzene rings is 4. The van der Waals surface area contributed by atoms with Gasteiger partial charge in [-0.3, -0.25) is 4.79 Å². The first-order valence-corrected chi connectivity index (χ1v) is 16.6. The van der Waals surface area contributed by atoms with Crippen LogP contribution < -0.4 is 33.1 Å². The quantitative estimate of drug-likeness (QED) is 0.153. The van der Waals surface area contributed by atoms with Crippen LogP contribution >= 0.6 is 0 Å². The predicted molar refractivity (Wildman–Crippen MR) is 177 cm³/mol. The molecule has 0 saturated heterocycles. The van der Waals surface area contributed by atoms with Gasteiger partial charge in [0, 0.05) is 6.07 Å². The van der Waals surface area contributed by atoms with Gasteiger partial charge < -0.3 is 28.4 Å². The van der Waals surface area contributed by atoms with Crippen molar-refractivity contribution in [1.82, 2.24) is 4.72 Å². The van der Waals surface area contributed by atoms with E-state index in [1.807, 2.05) is 13.0 Å². The van der Waals surface area contributed by atoms with Crippen LogP contribution in [0.4, 0.5) is 0 Å². The number of methoxy groups -OCH3 is 4. The molecule has 0 spiro atoms. The van der Waals surface area contributed by atoms with Crippen LogP contribution in [0.25, 0.3) is 0 Å². The van der Waals surface area contributed by atoms with E-state index in [2.05, 4.69) is 4.72 Å². The molecule has 4 aromatic carbocycles. The molecular weight excluding hydrogens is 638 g/mol. The highest BCUT2D eigenvalue weighted by molar-refractivity contribution is 7.89. The van der Waals surface area contributed by atoms with E-state index in [0.717, 1.165) is 11.1 Å². The number of esters is 1. The molecule has 12 heteroatoms. The fourth-order valence-electron chi connectivity index (χ4n) is 5.49. The average molecular weight is 676 g/mol. The standard InChI is InChI=1S/C36H37NO10S/c1-22-11-14-26(15-12-22)48(40,41)37-27(18-23-9-7-6-8-10-23)36(39)47-29-19-24(13-16-28(29)42-2)17-25-21-46-30-20-31(43-3)34(44-4)35(45-5)32(30)33(25)38/h6-16,19-20,25,27,37H,17-18,21H2,1-5H3/t25?,27-/m0/s1. The normalized spacial score (nSPS) is 14.7. The van der Waals surface area contributed by atoms with Gasteiger partial charge in [-0.25, -0.2) is 13.2 Å². The zero-order valence-electron chi connectivity index (χ0n) is 27.3. The Morgan fingerprint density at radius 2 is 1.52 bits per heavy atom. The van der Waals surface area contributed by atoms with Crippen LogP contribution in [-0.2, 0) is 27.7 Å². The first-order valence-electron chi connectivity index (χ1n) is 15.1. The van der Waals surface area contributed by atoms with E-state index in [1.54, 1.807) is 60.7 Å². The Labute approximate surface area is 279 Å². The minimum Gasteiger partial charge on any atom is -0.493 e. The van der Waals surface area contributed by atoms with Crippen LogP contribution in [0.15, 0.2) is 83.8 Å². The highest BCUT2D eigenvalue weighted by Crippen LogP contribution is 2.47. The number of aryl methyl sites for hydroxylation is 1. The van der Waals surface area contributed by atoms with Crippen molar-refractivity contribution < 1.29 is 46.4 Å². The van der Waals surface area contributed by atoms with E-state index < -0.39 is 28.0 Å². The fraction of sp³-hybridized carbons (Fsp3) is 0.278. The third kappa shape index (κ3) is 7.40. The Bertz CT molecular complexity index is 1890. The lowest BCUT2D eigenvalue weighted by Crippen LogP contribution is -2.44. The predicted octanol–water partition coefficient (Wildman–Crippen LogP) is 4.96. The first-order chi connectivity index (χ1) is 23.1. The molecule has 1 N–H and O–H groups in total. The van der Waals surface area contributed by atoms with Crippen LogP contribution in [0, 0.1) is 12.8 Å². The average Bonchev–Trinajstić information content (AvgIpc) is 3.09. The Kier molecular flexibility index (Phi) is 10.6. The minimum atomic E-state index is -4.08. The summed E-state index contributed by atoms with van der Waals surface area (Å²) >= 11 is 0. The molecule has 252 valence electrons. The Morgan fingerprint density at radius 3 is 2.17 bits per heavy atom. The van der Waals surface area contributed by atoms with Crippen molar-refractivity contribution in [2.75, 3.05) is 35.0 Å². The SMILES string of the molecule is COc1ccc(CC2COc3cc(OC)c(OC)c(OC)c3C2=O)cc1OC(=O)[C@H](Cc1ccccc1)NS(=O)(=O)c1ccc(C)cc1. The number of carbonyl (C=O) groups is 2. The lowest BCUT2D eigenvalue weighted by atomic mass is 9.88. The number of nitrogens with one attached hydrogen (secondary N) is 1. The maximum absolute atomic E-state index is 13.8. The summed E-state index contributed by atoms with van der Waals surface area (Å²) in [4.78, 5) is 27.5. The number of ketones is 1. The molecule has 0 saturated carbocycles. The van der Waals surface area contributed by atoms with Crippen molar-refractivity contribution >= 4 is 21.8 Å². The van der Waals surface area contributed by atoms with Gasteiger partial charge in [-0.15, -0.1) is 0 Å². The van der Waals surface area contributed by atoms with Gasteiger partial charge in [0.2, 0.25) is 15.8 Å². The van der Waals surface area contributed by atoms with Crippen LogP contribution in [0.2, 0.25) is 0 Å². The second-order valence-corrected chi connectivity index (χ2v) is 12.9. The molecule has 1 heterocycles. The number of Topliss-reactive ketones (excluding diaryl/α,β-unsaturated/α-hetero) is 1. The second kappa shape index (κ2) is 14.8. The molecule has 0 radical (unpaired) electrons. The molecule has 1 unspecified atom stereocenters. The van der Waals surface area contributed by atoms with Gasteiger partial charge in [0.15, 0.2) is 28.8 Å². The molecule has 4 aromatic rings. The maximum Gasteiger partial charge on any atom is 0.330 e. The van der Waals surface area contributed by atoms with Crippen LogP contribution in [-0.4, -0.2) is 61.3 Å². The topological polar surface area (TPSA) is 136 Å². The van der Waals surface area contributed by atoms with Gasteiger partial charge in [-0.1, -0.05) is 54.1 Å². The van der Waals surface area contributed by atoms with Crippen molar-refractivity contribution in [2.45, 2.75) is 30.7 Å². The van der Waals surface area contributed by atoms with Gasteiger partial charge >= 0.3 is 5.97 Å². The molecule has 2 atom stereocenters. The number of ether oxygens (including phenoxy) is 6. The number of fused-ring (bicyclic) bond motifs is 1. The zero-order valence-corrected chi connectivity index (χ0v) is 28.1. The lowest BCUT2D eigenvalue weighted by molar-refractivity contribution is -0.136. The smallest absolute Gasteiger partial charge is 0.330 e. The lowest BCUT2D eigenvalue weighted by Gasteiger charge is -2.27. The number of rotatable bonds is 13. The maximum atomic E-state index is 13.8. The minimum absolute atomic E-state index is 0.0205. The summed E-state index contributed by atoms with van der Waals surface area (Å²) in [6.07, 6.45) is 0.272. The Balaban J connectivity index is 1.40. The monoisotopic (exact) mass is 675 g/mol. The Morgan fingerprint density at radius 1 is 0.833 bits per heavy atom.